The SMILES string of the molecule is CCCC(O)=CC(c1ccccc1)c1ccccc1. The first kappa shape index (κ1) is 13.4. The largest absolute Gasteiger partial charge is 0.513 e. The van der Waals surface area contributed by atoms with Crippen molar-refractivity contribution in [3.8, 4) is 0 Å². The molecule has 0 spiro atoms. The van der Waals surface area contributed by atoms with Gasteiger partial charge in [-0.1, -0.05) is 67.6 Å². The van der Waals surface area contributed by atoms with Crippen LogP contribution in [0, 0.1) is 0 Å². The van der Waals surface area contributed by atoms with Gasteiger partial charge in [0.25, 0.3) is 0 Å². The van der Waals surface area contributed by atoms with E-state index in [0.717, 1.165) is 12.8 Å². The molecule has 0 aliphatic carbocycles. The van der Waals surface area contributed by atoms with Crippen LogP contribution in [0.3, 0.4) is 0 Å². The summed E-state index contributed by atoms with van der Waals surface area (Å²) in [6.07, 6.45) is 3.66. The molecular weight excluding hydrogens is 232 g/mol. The quantitative estimate of drug-likeness (QED) is 0.737. The van der Waals surface area contributed by atoms with Crippen molar-refractivity contribution < 1.29 is 5.11 Å². The molecule has 0 amide bonds. The van der Waals surface area contributed by atoms with E-state index in [0.29, 0.717) is 5.76 Å². The van der Waals surface area contributed by atoms with Crippen LogP contribution in [-0.4, -0.2) is 5.11 Å². The predicted octanol–water partition coefficient (Wildman–Crippen LogP) is 5.06. The van der Waals surface area contributed by atoms with Crippen molar-refractivity contribution in [3.63, 3.8) is 0 Å². The van der Waals surface area contributed by atoms with Crippen LogP contribution < -0.4 is 0 Å². The smallest absolute Gasteiger partial charge is 0.0892 e. The number of aliphatic hydroxyl groups is 1. The van der Waals surface area contributed by atoms with Gasteiger partial charge in [-0.3, -0.25) is 0 Å². The van der Waals surface area contributed by atoms with Crippen LogP contribution in [0.25, 0.3) is 0 Å². The molecule has 0 heterocycles. The van der Waals surface area contributed by atoms with E-state index in [2.05, 4.69) is 31.2 Å². The minimum absolute atomic E-state index is 0.119. The van der Waals surface area contributed by atoms with Gasteiger partial charge >= 0.3 is 0 Å². The van der Waals surface area contributed by atoms with Crippen LogP contribution >= 0.6 is 0 Å². The number of hydrogen-bond donors (Lipinski definition) is 1. The van der Waals surface area contributed by atoms with Crippen molar-refractivity contribution >= 4 is 0 Å². The van der Waals surface area contributed by atoms with E-state index < -0.39 is 0 Å². The first-order valence-corrected chi connectivity index (χ1v) is 6.80. The monoisotopic (exact) mass is 252 g/mol. The van der Waals surface area contributed by atoms with Crippen LogP contribution in [0.5, 0.6) is 0 Å². The Labute approximate surface area is 115 Å². The normalized spacial score (nSPS) is 11.8. The molecule has 19 heavy (non-hydrogen) atoms. The summed E-state index contributed by atoms with van der Waals surface area (Å²) in [5, 5.41) is 10.0. The molecule has 0 fully saturated rings. The first-order chi connectivity index (χ1) is 9.31. The molecular formula is C18H20O. The van der Waals surface area contributed by atoms with E-state index in [-0.39, 0.29) is 5.92 Å². The first-order valence-electron chi connectivity index (χ1n) is 6.80. The number of benzene rings is 2. The molecule has 0 unspecified atom stereocenters. The summed E-state index contributed by atoms with van der Waals surface area (Å²) in [5.41, 5.74) is 2.41. The Hall–Kier alpha value is -2.02. The zero-order valence-corrected chi connectivity index (χ0v) is 11.3. The van der Waals surface area contributed by atoms with Gasteiger partial charge in [-0.2, -0.15) is 0 Å². The van der Waals surface area contributed by atoms with Crippen molar-refractivity contribution in [1.29, 1.82) is 0 Å². The fourth-order valence-corrected chi connectivity index (χ4v) is 2.24. The number of hydrogen-bond acceptors (Lipinski definition) is 1. The molecule has 0 radical (unpaired) electrons. The van der Waals surface area contributed by atoms with Gasteiger partial charge in [0.15, 0.2) is 0 Å². The third-order valence-corrected chi connectivity index (χ3v) is 3.18. The molecule has 2 aromatic carbocycles. The Kier molecular flexibility index (Phi) is 4.79. The summed E-state index contributed by atoms with van der Waals surface area (Å²) in [5.74, 6) is 0.592. The third kappa shape index (κ3) is 3.72. The van der Waals surface area contributed by atoms with E-state index >= 15 is 0 Å². The Bertz CT molecular complexity index is 474. The molecule has 0 saturated carbocycles. The van der Waals surface area contributed by atoms with Crippen molar-refractivity contribution in [2.75, 3.05) is 0 Å². The number of allylic oxidation sites excluding steroid dienone is 2. The van der Waals surface area contributed by atoms with Gasteiger partial charge in [0.1, 0.15) is 0 Å². The second-order valence-corrected chi connectivity index (χ2v) is 4.71. The molecule has 2 rings (SSSR count). The van der Waals surface area contributed by atoms with E-state index in [1.54, 1.807) is 0 Å². The Morgan fingerprint density at radius 1 is 0.947 bits per heavy atom. The average molecular weight is 252 g/mol. The topological polar surface area (TPSA) is 20.2 Å². The summed E-state index contributed by atoms with van der Waals surface area (Å²) < 4.78 is 0. The highest BCUT2D eigenvalue weighted by molar-refractivity contribution is 5.37. The van der Waals surface area contributed by atoms with Gasteiger partial charge in [-0.25, -0.2) is 0 Å². The molecule has 0 atom stereocenters. The molecule has 0 aliphatic heterocycles. The Balaban J connectivity index is 2.37. The molecule has 0 saturated heterocycles. The summed E-state index contributed by atoms with van der Waals surface area (Å²) in [6.45, 7) is 2.07. The predicted molar refractivity (Wildman–Crippen MR) is 80.3 cm³/mol. The van der Waals surface area contributed by atoms with Gasteiger partial charge in [-0.05, 0) is 23.6 Å². The average Bonchev–Trinajstić information content (AvgIpc) is 2.47. The van der Waals surface area contributed by atoms with Crippen LogP contribution in [0.4, 0.5) is 0 Å². The van der Waals surface area contributed by atoms with Crippen molar-refractivity contribution in [2.45, 2.75) is 25.7 Å². The lowest BCUT2D eigenvalue weighted by atomic mass is 9.90. The van der Waals surface area contributed by atoms with E-state index in [4.69, 9.17) is 0 Å². The molecule has 98 valence electrons. The van der Waals surface area contributed by atoms with Crippen molar-refractivity contribution in [1.82, 2.24) is 0 Å². The highest BCUT2D eigenvalue weighted by atomic mass is 16.3. The van der Waals surface area contributed by atoms with Gasteiger partial charge in [0.2, 0.25) is 0 Å². The zero-order valence-electron chi connectivity index (χ0n) is 11.3. The maximum absolute atomic E-state index is 10.0. The molecule has 0 bridgehead atoms. The van der Waals surface area contributed by atoms with Gasteiger partial charge in [0, 0.05) is 12.3 Å². The van der Waals surface area contributed by atoms with Crippen LogP contribution in [0.2, 0.25) is 0 Å². The second-order valence-electron chi connectivity index (χ2n) is 4.71. The molecule has 1 N–H and O–H groups in total. The standard InChI is InChI=1S/C18H20O/c1-2-9-17(19)14-18(15-10-5-3-6-11-15)16-12-7-4-8-13-16/h3-8,10-14,18-19H,2,9H2,1H3. The van der Waals surface area contributed by atoms with Crippen LogP contribution in [0.1, 0.15) is 36.8 Å². The van der Waals surface area contributed by atoms with Crippen LogP contribution in [-0.2, 0) is 0 Å². The number of aliphatic hydroxyl groups excluding tert-OH is 1. The van der Waals surface area contributed by atoms with Gasteiger partial charge < -0.3 is 5.11 Å². The molecule has 1 nitrogen and oxygen atoms in total. The minimum atomic E-state index is 0.119. The summed E-state index contributed by atoms with van der Waals surface area (Å²) in [4.78, 5) is 0. The lowest BCUT2D eigenvalue weighted by Gasteiger charge is -2.14. The highest BCUT2D eigenvalue weighted by Crippen LogP contribution is 2.27. The summed E-state index contributed by atoms with van der Waals surface area (Å²) in [7, 11) is 0. The lowest BCUT2D eigenvalue weighted by molar-refractivity contribution is 0.383. The molecule has 0 aliphatic rings. The summed E-state index contributed by atoms with van der Waals surface area (Å²) in [6, 6.07) is 20.6. The van der Waals surface area contributed by atoms with E-state index in [9.17, 15) is 5.11 Å². The van der Waals surface area contributed by atoms with Gasteiger partial charge in [0.05, 0.1) is 5.76 Å². The highest BCUT2D eigenvalue weighted by Gasteiger charge is 2.11. The maximum Gasteiger partial charge on any atom is 0.0892 e. The van der Waals surface area contributed by atoms with E-state index in [1.807, 2.05) is 42.5 Å². The fourth-order valence-electron chi connectivity index (χ4n) is 2.24. The Morgan fingerprint density at radius 2 is 1.42 bits per heavy atom. The third-order valence-electron chi connectivity index (χ3n) is 3.18. The lowest BCUT2D eigenvalue weighted by Crippen LogP contribution is -1.99. The second kappa shape index (κ2) is 6.79. The van der Waals surface area contributed by atoms with Crippen molar-refractivity contribution in [3.05, 3.63) is 83.6 Å². The van der Waals surface area contributed by atoms with E-state index in [1.165, 1.54) is 11.1 Å². The van der Waals surface area contributed by atoms with Gasteiger partial charge in [-0.15, -0.1) is 0 Å². The zero-order chi connectivity index (χ0) is 13.5. The molecule has 1 heteroatoms. The molecule has 2 aromatic rings. The summed E-state index contributed by atoms with van der Waals surface area (Å²) >= 11 is 0. The maximum atomic E-state index is 10.0. The molecule has 0 aromatic heterocycles. The Morgan fingerprint density at radius 3 is 1.84 bits per heavy atom. The minimum Gasteiger partial charge on any atom is -0.513 e. The fraction of sp³-hybridized carbons (Fsp3) is 0.222. The van der Waals surface area contributed by atoms with Crippen LogP contribution in [0.15, 0.2) is 72.5 Å². The number of rotatable bonds is 5. The van der Waals surface area contributed by atoms with Crippen molar-refractivity contribution in [2.24, 2.45) is 0 Å².